The molecule has 2 fully saturated rings. The number of aromatic nitrogens is 2. The standard InChI is InChI=1S/C18H25N5O3S/c19-18(9-4-10-18)17-20-16(26-21-17)13-27(24,25)22-14-5-7-15(8-6-14)23-11-2-1-3-12-23/h5-8,22H,1-4,9-13,19H2. The van der Waals surface area contributed by atoms with Gasteiger partial charge in [0.2, 0.25) is 15.9 Å². The van der Waals surface area contributed by atoms with Gasteiger partial charge in [0.15, 0.2) is 5.82 Å². The molecule has 2 aliphatic rings. The molecular weight excluding hydrogens is 366 g/mol. The number of nitrogens with zero attached hydrogens (tertiary/aromatic N) is 3. The molecular formula is C18H25N5O3S. The van der Waals surface area contributed by atoms with E-state index in [9.17, 15) is 8.42 Å². The second-order valence-electron chi connectivity index (χ2n) is 7.48. The molecule has 8 nitrogen and oxygen atoms in total. The van der Waals surface area contributed by atoms with Crippen LogP contribution in [-0.2, 0) is 21.3 Å². The Morgan fingerprint density at radius 3 is 2.44 bits per heavy atom. The molecule has 27 heavy (non-hydrogen) atoms. The van der Waals surface area contributed by atoms with Crippen molar-refractivity contribution in [2.45, 2.75) is 49.8 Å². The third-order valence-electron chi connectivity index (χ3n) is 5.33. The summed E-state index contributed by atoms with van der Waals surface area (Å²) in [4.78, 5) is 6.50. The topological polar surface area (TPSA) is 114 Å². The van der Waals surface area contributed by atoms with E-state index in [4.69, 9.17) is 10.3 Å². The molecule has 0 atom stereocenters. The average Bonchev–Trinajstić information content (AvgIpc) is 3.08. The van der Waals surface area contributed by atoms with Gasteiger partial charge in [-0.1, -0.05) is 5.16 Å². The van der Waals surface area contributed by atoms with Crippen molar-refractivity contribution in [2.75, 3.05) is 22.7 Å². The van der Waals surface area contributed by atoms with E-state index in [0.717, 1.165) is 38.0 Å². The van der Waals surface area contributed by atoms with E-state index in [2.05, 4.69) is 19.8 Å². The van der Waals surface area contributed by atoms with Gasteiger partial charge >= 0.3 is 0 Å². The first-order valence-corrected chi connectivity index (χ1v) is 11.1. The van der Waals surface area contributed by atoms with Gasteiger partial charge in [0.1, 0.15) is 5.75 Å². The molecule has 1 aromatic carbocycles. The highest BCUT2D eigenvalue weighted by Crippen LogP contribution is 2.37. The van der Waals surface area contributed by atoms with Crippen molar-refractivity contribution in [3.8, 4) is 0 Å². The lowest BCUT2D eigenvalue weighted by Gasteiger charge is -2.34. The summed E-state index contributed by atoms with van der Waals surface area (Å²) < 4.78 is 32.5. The number of hydrogen-bond acceptors (Lipinski definition) is 7. The van der Waals surface area contributed by atoms with E-state index in [1.165, 1.54) is 19.3 Å². The van der Waals surface area contributed by atoms with Crippen LogP contribution in [0.3, 0.4) is 0 Å². The van der Waals surface area contributed by atoms with Crippen molar-refractivity contribution in [3.05, 3.63) is 36.0 Å². The van der Waals surface area contributed by atoms with Gasteiger partial charge in [-0.25, -0.2) is 8.42 Å². The predicted octanol–water partition coefficient (Wildman–Crippen LogP) is 2.34. The molecule has 0 unspecified atom stereocenters. The van der Waals surface area contributed by atoms with E-state index in [1.807, 2.05) is 12.1 Å². The summed E-state index contributed by atoms with van der Waals surface area (Å²) in [6.45, 7) is 2.10. The van der Waals surface area contributed by atoms with E-state index >= 15 is 0 Å². The lowest BCUT2D eigenvalue weighted by Crippen LogP contribution is -2.44. The monoisotopic (exact) mass is 391 g/mol. The third-order valence-corrected chi connectivity index (χ3v) is 6.51. The SMILES string of the molecule is NC1(c2noc(CS(=O)(=O)Nc3ccc(N4CCCCC4)cc3)n2)CCC1. The largest absolute Gasteiger partial charge is 0.372 e. The second-order valence-corrected chi connectivity index (χ2v) is 9.20. The van der Waals surface area contributed by atoms with Gasteiger partial charge in [-0.2, -0.15) is 4.98 Å². The minimum absolute atomic E-state index is 0.0548. The highest BCUT2D eigenvalue weighted by atomic mass is 32.2. The van der Waals surface area contributed by atoms with Crippen LogP contribution in [0.4, 0.5) is 11.4 Å². The van der Waals surface area contributed by atoms with Crippen LogP contribution in [0.1, 0.15) is 50.2 Å². The van der Waals surface area contributed by atoms with Crippen LogP contribution in [0, 0.1) is 0 Å². The number of sulfonamides is 1. The van der Waals surface area contributed by atoms with Gasteiger partial charge in [0.25, 0.3) is 0 Å². The molecule has 0 amide bonds. The predicted molar refractivity (Wildman–Crippen MR) is 103 cm³/mol. The number of nitrogens with two attached hydrogens (primary N) is 1. The van der Waals surface area contributed by atoms with Crippen molar-refractivity contribution < 1.29 is 12.9 Å². The van der Waals surface area contributed by atoms with Gasteiger partial charge in [0, 0.05) is 24.5 Å². The summed E-state index contributed by atoms with van der Waals surface area (Å²) in [6, 6.07) is 7.46. The zero-order chi connectivity index (χ0) is 18.9. The first-order chi connectivity index (χ1) is 12.9. The van der Waals surface area contributed by atoms with Crippen LogP contribution in [0.5, 0.6) is 0 Å². The number of hydrogen-bond donors (Lipinski definition) is 2. The first-order valence-electron chi connectivity index (χ1n) is 9.41. The Morgan fingerprint density at radius 1 is 1.11 bits per heavy atom. The van der Waals surface area contributed by atoms with Gasteiger partial charge in [0.05, 0.1) is 5.54 Å². The average molecular weight is 391 g/mol. The van der Waals surface area contributed by atoms with Gasteiger partial charge in [-0.15, -0.1) is 0 Å². The fraction of sp³-hybridized carbons (Fsp3) is 0.556. The Labute approximate surface area is 159 Å². The molecule has 2 aromatic rings. The molecule has 0 bridgehead atoms. The molecule has 1 aromatic heterocycles. The maximum absolute atomic E-state index is 12.4. The van der Waals surface area contributed by atoms with E-state index in [-0.39, 0.29) is 11.6 Å². The summed E-state index contributed by atoms with van der Waals surface area (Å²) in [5.41, 5.74) is 7.22. The van der Waals surface area contributed by atoms with Gasteiger partial charge in [-0.05, 0) is 62.8 Å². The highest BCUT2D eigenvalue weighted by molar-refractivity contribution is 7.91. The minimum Gasteiger partial charge on any atom is -0.372 e. The minimum atomic E-state index is -3.65. The Hall–Kier alpha value is -2.13. The maximum Gasteiger partial charge on any atom is 0.243 e. The third kappa shape index (κ3) is 4.08. The quantitative estimate of drug-likeness (QED) is 0.777. The van der Waals surface area contributed by atoms with Crippen molar-refractivity contribution in [1.82, 2.24) is 10.1 Å². The van der Waals surface area contributed by atoms with Crippen LogP contribution in [0.25, 0.3) is 0 Å². The molecule has 0 radical (unpaired) electrons. The molecule has 1 saturated heterocycles. The van der Waals surface area contributed by atoms with E-state index in [0.29, 0.717) is 11.5 Å². The van der Waals surface area contributed by atoms with Gasteiger partial charge < -0.3 is 15.2 Å². The smallest absolute Gasteiger partial charge is 0.243 e. The molecule has 3 N–H and O–H groups in total. The Kier molecular flexibility index (Phi) is 4.81. The van der Waals surface area contributed by atoms with Crippen LogP contribution >= 0.6 is 0 Å². The Bertz CT molecular complexity index is 884. The van der Waals surface area contributed by atoms with E-state index in [1.54, 1.807) is 12.1 Å². The number of piperidine rings is 1. The molecule has 1 aliphatic heterocycles. The first kappa shape index (κ1) is 18.2. The summed E-state index contributed by atoms with van der Waals surface area (Å²) in [7, 11) is -3.65. The fourth-order valence-electron chi connectivity index (χ4n) is 3.57. The number of anilines is 2. The normalized spacial score (nSPS) is 19.5. The molecule has 0 spiro atoms. The number of nitrogens with one attached hydrogen (secondary N) is 1. The van der Waals surface area contributed by atoms with Crippen molar-refractivity contribution in [1.29, 1.82) is 0 Å². The van der Waals surface area contributed by atoms with Crippen LogP contribution in [-0.4, -0.2) is 31.6 Å². The summed E-state index contributed by atoms with van der Waals surface area (Å²) in [5, 5.41) is 3.86. The molecule has 9 heteroatoms. The highest BCUT2D eigenvalue weighted by Gasteiger charge is 2.39. The lowest BCUT2D eigenvalue weighted by atomic mass is 9.77. The second kappa shape index (κ2) is 7.12. The number of benzene rings is 1. The molecule has 2 heterocycles. The van der Waals surface area contributed by atoms with Crippen molar-refractivity contribution in [2.24, 2.45) is 5.73 Å². The molecule has 146 valence electrons. The zero-order valence-corrected chi connectivity index (χ0v) is 16.0. The lowest BCUT2D eigenvalue weighted by molar-refractivity contribution is 0.229. The zero-order valence-electron chi connectivity index (χ0n) is 15.2. The summed E-state index contributed by atoms with van der Waals surface area (Å²) >= 11 is 0. The van der Waals surface area contributed by atoms with Crippen molar-refractivity contribution >= 4 is 21.4 Å². The summed E-state index contributed by atoms with van der Waals surface area (Å²) in [5.74, 6) is 0.0771. The number of rotatable bonds is 6. The van der Waals surface area contributed by atoms with Crippen molar-refractivity contribution in [3.63, 3.8) is 0 Å². The van der Waals surface area contributed by atoms with Crippen LogP contribution < -0.4 is 15.4 Å². The van der Waals surface area contributed by atoms with Crippen LogP contribution in [0.15, 0.2) is 28.8 Å². The van der Waals surface area contributed by atoms with E-state index < -0.39 is 15.6 Å². The Morgan fingerprint density at radius 2 is 1.81 bits per heavy atom. The molecule has 1 aliphatic carbocycles. The fourth-order valence-corrected chi connectivity index (χ4v) is 4.58. The summed E-state index contributed by atoms with van der Waals surface area (Å²) in [6.07, 6.45) is 6.28. The Balaban J connectivity index is 1.39. The van der Waals surface area contributed by atoms with Crippen LogP contribution in [0.2, 0.25) is 0 Å². The maximum atomic E-state index is 12.4. The molecule has 1 saturated carbocycles. The molecule has 4 rings (SSSR count). The van der Waals surface area contributed by atoms with Gasteiger partial charge in [-0.3, -0.25) is 4.72 Å².